The number of hydrogen-bond acceptors (Lipinski definition) is 5. The van der Waals surface area contributed by atoms with E-state index in [2.05, 4.69) is 10.0 Å². The molecule has 0 unspecified atom stereocenters. The molecular weight excluding hydrogens is 322 g/mol. The monoisotopic (exact) mass is 335 g/mol. The Morgan fingerprint density at radius 3 is 2.26 bits per heavy atom. The van der Waals surface area contributed by atoms with Crippen molar-refractivity contribution in [2.75, 3.05) is 10.0 Å². The number of carbonyl (C=O) groups is 1. The van der Waals surface area contributed by atoms with Crippen LogP contribution in [0.5, 0.6) is 0 Å². The van der Waals surface area contributed by atoms with Crippen molar-refractivity contribution in [3.8, 4) is 0 Å². The van der Waals surface area contributed by atoms with Crippen molar-refractivity contribution in [2.45, 2.75) is 11.8 Å². The third kappa shape index (κ3) is 4.27. The third-order valence-electron chi connectivity index (χ3n) is 2.79. The average molecular weight is 335 g/mol. The topological polar surface area (TPSA) is 118 Å². The summed E-state index contributed by atoms with van der Waals surface area (Å²) in [5, 5.41) is 13.1. The number of nitro groups is 1. The molecule has 2 aromatic rings. The van der Waals surface area contributed by atoms with E-state index in [1.807, 2.05) is 0 Å². The molecule has 0 fully saturated rings. The summed E-state index contributed by atoms with van der Waals surface area (Å²) in [6.45, 7) is 1.34. The minimum Gasteiger partial charge on any atom is -0.326 e. The summed E-state index contributed by atoms with van der Waals surface area (Å²) in [4.78, 5) is 20.9. The fourth-order valence-electron chi connectivity index (χ4n) is 1.82. The van der Waals surface area contributed by atoms with Gasteiger partial charge in [0.1, 0.15) is 0 Å². The molecule has 0 aliphatic heterocycles. The van der Waals surface area contributed by atoms with Gasteiger partial charge in [0.25, 0.3) is 15.7 Å². The Bertz CT molecular complexity index is 847. The Morgan fingerprint density at radius 2 is 1.70 bits per heavy atom. The molecule has 9 heteroatoms. The standard InChI is InChI=1S/C14H13N3O5S/c1-10(18)15-11-3-2-4-12(9-11)16-23(21,22)14-7-5-13(6-8-14)17(19)20/h2-9,16H,1H3,(H,15,18). The maximum absolute atomic E-state index is 12.2. The highest BCUT2D eigenvalue weighted by Crippen LogP contribution is 2.21. The molecule has 2 rings (SSSR count). The van der Waals surface area contributed by atoms with Gasteiger partial charge in [-0.1, -0.05) is 6.07 Å². The van der Waals surface area contributed by atoms with E-state index in [9.17, 15) is 23.3 Å². The number of hydrogen-bond donors (Lipinski definition) is 2. The number of rotatable bonds is 5. The predicted octanol–water partition coefficient (Wildman–Crippen LogP) is 2.35. The second-order valence-corrected chi connectivity index (χ2v) is 6.30. The van der Waals surface area contributed by atoms with Gasteiger partial charge in [0.05, 0.1) is 15.5 Å². The zero-order valence-electron chi connectivity index (χ0n) is 12.0. The highest BCUT2D eigenvalue weighted by Gasteiger charge is 2.16. The van der Waals surface area contributed by atoms with Crippen molar-refractivity contribution in [2.24, 2.45) is 0 Å². The van der Waals surface area contributed by atoms with Gasteiger partial charge in [-0.05, 0) is 30.3 Å². The Labute approximate surface area is 132 Å². The number of sulfonamides is 1. The zero-order chi connectivity index (χ0) is 17.0. The van der Waals surface area contributed by atoms with E-state index in [4.69, 9.17) is 0 Å². The minimum atomic E-state index is -3.89. The molecular formula is C14H13N3O5S. The van der Waals surface area contributed by atoms with Gasteiger partial charge in [0.15, 0.2) is 0 Å². The zero-order valence-corrected chi connectivity index (χ0v) is 12.8. The molecule has 120 valence electrons. The largest absolute Gasteiger partial charge is 0.326 e. The van der Waals surface area contributed by atoms with Crippen LogP contribution < -0.4 is 10.0 Å². The van der Waals surface area contributed by atoms with E-state index in [1.54, 1.807) is 12.1 Å². The Balaban J connectivity index is 2.24. The summed E-state index contributed by atoms with van der Waals surface area (Å²) in [5.41, 5.74) is 0.507. The van der Waals surface area contributed by atoms with E-state index >= 15 is 0 Å². The SMILES string of the molecule is CC(=O)Nc1cccc(NS(=O)(=O)c2ccc([N+](=O)[O-])cc2)c1. The maximum Gasteiger partial charge on any atom is 0.269 e. The highest BCUT2D eigenvalue weighted by atomic mass is 32.2. The van der Waals surface area contributed by atoms with Gasteiger partial charge in [-0.2, -0.15) is 0 Å². The van der Waals surface area contributed by atoms with Crippen molar-refractivity contribution in [1.29, 1.82) is 0 Å². The summed E-state index contributed by atoms with van der Waals surface area (Å²) in [6.07, 6.45) is 0. The van der Waals surface area contributed by atoms with Gasteiger partial charge < -0.3 is 5.32 Å². The van der Waals surface area contributed by atoms with Crippen LogP contribution in [-0.4, -0.2) is 19.2 Å². The number of non-ortho nitro benzene ring substituents is 1. The third-order valence-corrected chi connectivity index (χ3v) is 4.19. The van der Waals surface area contributed by atoms with Crippen LogP contribution in [0.3, 0.4) is 0 Å². The van der Waals surface area contributed by atoms with Crippen molar-refractivity contribution in [3.05, 3.63) is 58.6 Å². The van der Waals surface area contributed by atoms with Crippen LogP contribution in [0.25, 0.3) is 0 Å². The number of amides is 1. The lowest BCUT2D eigenvalue weighted by Gasteiger charge is -2.09. The fourth-order valence-corrected chi connectivity index (χ4v) is 2.87. The normalized spacial score (nSPS) is 10.8. The van der Waals surface area contributed by atoms with Crippen LogP contribution in [0.2, 0.25) is 0 Å². The lowest BCUT2D eigenvalue weighted by molar-refractivity contribution is -0.384. The second kappa shape index (κ2) is 6.44. The van der Waals surface area contributed by atoms with Crippen LogP contribution >= 0.6 is 0 Å². The molecule has 1 amide bonds. The van der Waals surface area contributed by atoms with Crippen LogP contribution in [0, 0.1) is 10.1 Å². The first-order valence-corrected chi connectivity index (χ1v) is 7.91. The highest BCUT2D eigenvalue weighted by molar-refractivity contribution is 7.92. The molecule has 2 aromatic carbocycles. The molecule has 0 aliphatic rings. The van der Waals surface area contributed by atoms with Crippen molar-refractivity contribution >= 4 is 33.0 Å². The number of carbonyl (C=O) groups excluding carboxylic acids is 1. The molecule has 0 radical (unpaired) electrons. The summed E-state index contributed by atoms with van der Waals surface area (Å²) in [7, 11) is -3.89. The molecule has 0 saturated heterocycles. The molecule has 2 N–H and O–H groups in total. The first-order valence-electron chi connectivity index (χ1n) is 6.43. The molecule has 0 aromatic heterocycles. The number of anilines is 2. The van der Waals surface area contributed by atoms with E-state index in [-0.39, 0.29) is 22.2 Å². The van der Waals surface area contributed by atoms with E-state index in [0.717, 1.165) is 24.3 Å². The maximum atomic E-state index is 12.2. The molecule has 0 heterocycles. The first kappa shape index (κ1) is 16.4. The average Bonchev–Trinajstić information content (AvgIpc) is 2.46. The first-order chi connectivity index (χ1) is 10.8. The quantitative estimate of drug-likeness (QED) is 0.642. The van der Waals surface area contributed by atoms with E-state index < -0.39 is 14.9 Å². The molecule has 0 aliphatic carbocycles. The summed E-state index contributed by atoms with van der Waals surface area (Å²) >= 11 is 0. The molecule has 0 bridgehead atoms. The van der Waals surface area contributed by atoms with E-state index in [0.29, 0.717) is 5.69 Å². The minimum absolute atomic E-state index is 0.104. The van der Waals surface area contributed by atoms with Gasteiger partial charge in [-0.25, -0.2) is 8.42 Å². The number of benzene rings is 2. The van der Waals surface area contributed by atoms with Crippen LogP contribution in [0.1, 0.15) is 6.92 Å². The Hall–Kier alpha value is -2.94. The van der Waals surface area contributed by atoms with Gasteiger partial charge in [0, 0.05) is 24.7 Å². The van der Waals surface area contributed by atoms with Crippen LogP contribution in [-0.2, 0) is 14.8 Å². The Kier molecular flexibility index (Phi) is 4.60. The van der Waals surface area contributed by atoms with Crippen LogP contribution in [0.15, 0.2) is 53.4 Å². The van der Waals surface area contributed by atoms with Gasteiger partial charge in [-0.15, -0.1) is 0 Å². The molecule has 0 atom stereocenters. The second-order valence-electron chi connectivity index (χ2n) is 4.62. The van der Waals surface area contributed by atoms with Gasteiger partial charge in [-0.3, -0.25) is 19.6 Å². The van der Waals surface area contributed by atoms with Crippen LogP contribution in [0.4, 0.5) is 17.1 Å². The summed E-state index contributed by atoms with van der Waals surface area (Å²) < 4.78 is 26.8. The molecule has 0 saturated carbocycles. The lowest BCUT2D eigenvalue weighted by Crippen LogP contribution is -2.13. The number of nitro benzene ring substituents is 1. The van der Waals surface area contributed by atoms with Gasteiger partial charge >= 0.3 is 0 Å². The number of nitrogens with zero attached hydrogens (tertiary/aromatic N) is 1. The van der Waals surface area contributed by atoms with E-state index in [1.165, 1.54) is 19.1 Å². The van der Waals surface area contributed by atoms with Crippen molar-refractivity contribution in [3.63, 3.8) is 0 Å². The smallest absolute Gasteiger partial charge is 0.269 e. The fraction of sp³-hybridized carbons (Fsp3) is 0.0714. The lowest BCUT2D eigenvalue weighted by atomic mass is 10.3. The summed E-state index contributed by atoms with van der Waals surface area (Å²) in [6, 6.07) is 10.7. The number of nitrogens with one attached hydrogen (secondary N) is 2. The molecule has 23 heavy (non-hydrogen) atoms. The van der Waals surface area contributed by atoms with Crippen molar-refractivity contribution < 1.29 is 18.1 Å². The predicted molar refractivity (Wildman–Crippen MR) is 84.7 cm³/mol. The van der Waals surface area contributed by atoms with Gasteiger partial charge in [0.2, 0.25) is 5.91 Å². The molecule has 8 nitrogen and oxygen atoms in total. The summed E-state index contributed by atoms with van der Waals surface area (Å²) in [5.74, 6) is -0.277. The molecule has 0 spiro atoms. The van der Waals surface area contributed by atoms with Crippen molar-refractivity contribution in [1.82, 2.24) is 0 Å². The Morgan fingerprint density at radius 1 is 1.09 bits per heavy atom.